The molecule has 5 rings (SSSR count). The summed E-state index contributed by atoms with van der Waals surface area (Å²) < 4.78 is 2.03. The zero-order valence-corrected chi connectivity index (χ0v) is 19.4. The van der Waals surface area contributed by atoms with Crippen molar-refractivity contribution in [2.75, 3.05) is 0 Å². The van der Waals surface area contributed by atoms with Gasteiger partial charge in [0.05, 0.1) is 6.54 Å². The topological polar surface area (TPSA) is 54.3 Å². The van der Waals surface area contributed by atoms with Crippen LogP contribution in [0.1, 0.15) is 54.2 Å². The van der Waals surface area contributed by atoms with Gasteiger partial charge >= 0.3 is 0 Å². The fraction of sp³-hybridized carbons (Fsp3) is 0.357. The maximum Gasteiger partial charge on any atom is 0.271 e. The number of hydrogen-bond acceptors (Lipinski definition) is 2. The van der Waals surface area contributed by atoms with E-state index in [0.717, 1.165) is 48.1 Å². The lowest BCUT2D eigenvalue weighted by Gasteiger charge is -2.45. The van der Waals surface area contributed by atoms with Gasteiger partial charge in [0.25, 0.3) is 5.91 Å². The van der Waals surface area contributed by atoms with Crippen LogP contribution in [0.5, 0.6) is 0 Å². The van der Waals surface area contributed by atoms with Crippen molar-refractivity contribution >= 4 is 11.8 Å². The summed E-state index contributed by atoms with van der Waals surface area (Å²) in [4.78, 5) is 29.4. The summed E-state index contributed by atoms with van der Waals surface area (Å²) in [5.74, 6) is -0.162. The zero-order valence-electron chi connectivity index (χ0n) is 19.4. The maximum absolute atomic E-state index is 13.9. The highest BCUT2D eigenvalue weighted by atomic mass is 16.2. The van der Waals surface area contributed by atoms with Gasteiger partial charge in [0.15, 0.2) is 0 Å². The molecule has 1 atom stereocenters. The minimum absolute atomic E-state index is 0.0605. The Labute approximate surface area is 195 Å². The van der Waals surface area contributed by atoms with E-state index in [-0.39, 0.29) is 17.9 Å². The first kappa shape index (κ1) is 21.5. The molecular formula is C28H31N3O2. The number of nitrogens with one attached hydrogen (secondary N) is 1. The lowest BCUT2D eigenvalue weighted by molar-refractivity contribution is -0.133. The molecule has 0 radical (unpaired) electrons. The van der Waals surface area contributed by atoms with Crippen LogP contribution in [-0.2, 0) is 17.9 Å². The minimum Gasteiger partial charge on any atom is -0.351 e. The van der Waals surface area contributed by atoms with Crippen LogP contribution < -0.4 is 5.32 Å². The van der Waals surface area contributed by atoms with Gasteiger partial charge in [-0.05, 0) is 55.5 Å². The summed E-state index contributed by atoms with van der Waals surface area (Å²) in [6, 6.07) is 22.2. The van der Waals surface area contributed by atoms with Gasteiger partial charge in [-0.15, -0.1) is 0 Å². The normalized spacial score (nSPS) is 20.7. The van der Waals surface area contributed by atoms with Gasteiger partial charge in [0.1, 0.15) is 11.2 Å². The average Bonchev–Trinajstić information content (AvgIpc) is 3.48. The number of aromatic nitrogens is 1. The standard InChI is InChI=1S/C28H31N3O2/c1-20-10-6-7-13-22(20)18-31-26(32)25-17-16-24(21-11-4-3-5-12-21)30(25)19-28(31,2)27(33)29-23-14-8-9-15-23/h3-7,10-13,16-17,23H,8-9,14-15,18-19H2,1-2H3,(H,29,33)/t28-/m1/s1. The zero-order chi connectivity index (χ0) is 23.0. The summed E-state index contributed by atoms with van der Waals surface area (Å²) in [5.41, 5.74) is 3.84. The van der Waals surface area contributed by atoms with Gasteiger partial charge in [-0.3, -0.25) is 9.59 Å². The second-order valence-electron chi connectivity index (χ2n) is 9.60. The Balaban J connectivity index is 1.56. The number of aryl methyl sites for hydroxylation is 1. The van der Waals surface area contributed by atoms with E-state index >= 15 is 0 Å². The number of carbonyl (C=O) groups is 2. The molecular weight excluding hydrogens is 410 g/mol. The van der Waals surface area contributed by atoms with E-state index in [1.54, 1.807) is 4.90 Å². The van der Waals surface area contributed by atoms with Crippen LogP contribution in [-0.4, -0.2) is 32.9 Å². The molecule has 5 nitrogen and oxygen atoms in total. The Kier molecular flexibility index (Phi) is 5.57. The molecule has 5 heteroatoms. The highest BCUT2D eigenvalue weighted by molar-refractivity contribution is 6.00. The van der Waals surface area contributed by atoms with Crippen molar-refractivity contribution in [2.24, 2.45) is 0 Å². The lowest BCUT2D eigenvalue weighted by atomic mass is 9.92. The Morgan fingerprint density at radius 2 is 1.64 bits per heavy atom. The minimum atomic E-state index is -0.989. The monoisotopic (exact) mass is 441 g/mol. The second-order valence-corrected chi connectivity index (χ2v) is 9.60. The molecule has 2 amide bonds. The van der Waals surface area contributed by atoms with Crippen LogP contribution in [0.4, 0.5) is 0 Å². The van der Waals surface area contributed by atoms with Crippen LogP contribution in [0.3, 0.4) is 0 Å². The molecule has 3 aromatic rings. The van der Waals surface area contributed by atoms with Crippen LogP contribution >= 0.6 is 0 Å². The molecule has 33 heavy (non-hydrogen) atoms. The number of carbonyl (C=O) groups excluding carboxylic acids is 2. The van der Waals surface area contributed by atoms with E-state index in [2.05, 4.69) is 18.3 Å². The molecule has 2 aromatic carbocycles. The van der Waals surface area contributed by atoms with Crippen LogP contribution in [0, 0.1) is 6.92 Å². The van der Waals surface area contributed by atoms with Gasteiger partial charge in [-0.25, -0.2) is 0 Å². The number of rotatable bonds is 5. The van der Waals surface area contributed by atoms with Crippen molar-refractivity contribution < 1.29 is 9.59 Å². The maximum atomic E-state index is 13.9. The fourth-order valence-electron chi connectivity index (χ4n) is 5.25. The van der Waals surface area contributed by atoms with Crippen molar-refractivity contribution in [2.45, 2.75) is 64.2 Å². The van der Waals surface area contributed by atoms with Crippen molar-refractivity contribution in [1.82, 2.24) is 14.8 Å². The van der Waals surface area contributed by atoms with Crippen LogP contribution in [0.15, 0.2) is 66.7 Å². The second kappa shape index (κ2) is 8.54. The summed E-state index contributed by atoms with van der Waals surface area (Å²) >= 11 is 0. The number of benzene rings is 2. The van der Waals surface area contributed by atoms with Gasteiger partial charge in [-0.1, -0.05) is 67.4 Å². The Hall–Kier alpha value is -3.34. The molecule has 0 saturated heterocycles. The van der Waals surface area contributed by atoms with E-state index in [0.29, 0.717) is 18.8 Å². The molecule has 0 bridgehead atoms. The summed E-state index contributed by atoms with van der Waals surface area (Å²) in [7, 11) is 0. The highest BCUT2D eigenvalue weighted by Crippen LogP contribution is 2.35. The molecule has 1 fully saturated rings. The van der Waals surface area contributed by atoms with Gasteiger partial charge in [-0.2, -0.15) is 0 Å². The molecule has 1 aromatic heterocycles. The first-order valence-electron chi connectivity index (χ1n) is 11.9. The van der Waals surface area contributed by atoms with Crippen molar-refractivity contribution in [1.29, 1.82) is 0 Å². The van der Waals surface area contributed by atoms with Gasteiger partial charge < -0.3 is 14.8 Å². The molecule has 1 aliphatic carbocycles. The quantitative estimate of drug-likeness (QED) is 0.610. The predicted molar refractivity (Wildman–Crippen MR) is 130 cm³/mol. The number of fused-ring (bicyclic) bond motifs is 1. The Morgan fingerprint density at radius 3 is 2.36 bits per heavy atom. The van der Waals surface area contributed by atoms with Gasteiger partial charge in [0, 0.05) is 18.3 Å². The molecule has 0 unspecified atom stereocenters. The largest absolute Gasteiger partial charge is 0.351 e. The lowest BCUT2D eigenvalue weighted by Crippen LogP contribution is -2.64. The Bertz CT molecular complexity index is 1180. The average molecular weight is 442 g/mol. The number of amides is 2. The van der Waals surface area contributed by atoms with Crippen LogP contribution in [0.2, 0.25) is 0 Å². The van der Waals surface area contributed by atoms with Crippen LogP contribution in [0.25, 0.3) is 11.3 Å². The molecule has 2 heterocycles. The smallest absolute Gasteiger partial charge is 0.271 e. The number of nitrogens with zero attached hydrogens (tertiary/aromatic N) is 2. The SMILES string of the molecule is Cc1ccccc1CN1C(=O)c2ccc(-c3ccccc3)n2C[C@]1(C)C(=O)NC1CCCC1. The molecule has 2 aliphatic rings. The molecule has 1 saturated carbocycles. The molecule has 1 aliphatic heterocycles. The third-order valence-electron chi connectivity index (χ3n) is 7.35. The summed E-state index contributed by atoms with van der Waals surface area (Å²) in [5, 5.41) is 3.28. The van der Waals surface area contributed by atoms with Crippen molar-refractivity contribution in [3.63, 3.8) is 0 Å². The summed E-state index contributed by atoms with van der Waals surface area (Å²) in [6.45, 7) is 4.81. The van der Waals surface area contributed by atoms with E-state index in [4.69, 9.17) is 0 Å². The third kappa shape index (κ3) is 3.86. The highest BCUT2D eigenvalue weighted by Gasteiger charge is 2.48. The molecule has 0 spiro atoms. The van der Waals surface area contributed by atoms with E-state index in [1.807, 2.05) is 72.2 Å². The molecule has 1 N–H and O–H groups in total. The Morgan fingerprint density at radius 1 is 0.970 bits per heavy atom. The summed E-state index contributed by atoms with van der Waals surface area (Å²) in [6.07, 6.45) is 4.32. The molecule has 170 valence electrons. The first-order valence-corrected chi connectivity index (χ1v) is 11.9. The fourth-order valence-corrected chi connectivity index (χ4v) is 5.25. The third-order valence-corrected chi connectivity index (χ3v) is 7.35. The van der Waals surface area contributed by atoms with E-state index < -0.39 is 5.54 Å². The van der Waals surface area contributed by atoms with E-state index in [1.165, 1.54) is 0 Å². The number of hydrogen-bond donors (Lipinski definition) is 1. The first-order chi connectivity index (χ1) is 16.0. The van der Waals surface area contributed by atoms with Gasteiger partial charge in [0.2, 0.25) is 5.91 Å². The van der Waals surface area contributed by atoms with E-state index in [9.17, 15) is 9.59 Å². The van der Waals surface area contributed by atoms with Crippen molar-refractivity contribution in [3.05, 3.63) is 83.6 Å². The van der Waals surface area contributed by atoms with Crippen molar-refractivity contribution in [3.8, 4) is 11.3 Å². The predicted octanol–water partition coefficient (Wildman–Crippen LogP) is 4.94.